The van der Waals surface area contributed by atoms with E-state index in [4.69, 9.17) is 19.4 Å². The van der Waals surface area contributed by atoms with Crippen LogP contribution in [-0.2, 0) is 18.4 Å². The molecule has 1 aromatic heterocycles. The highest BCUT2D eigenvalue weighted by atomic mass is 31.2. The third kappa shape index (κ3) is 4.11. The molecular formula is C10H14F2N2O11P2. The second-order valence-electron chi connectivity index (χ2n) is 5.43. The quantitative estimate of drug-likeness (QED) is 0.270. The van der Waals surface area contributed by atoms with Crippen molar-refractivity contribution in [1.29, 1.82) is 0 Å². The number of rotatable bonds is 6. The molecule has 0 spiro atoms. The zero-order valence-electron chi connectivity index (χ0n) is 13.0. The van der Waals surface area contributed by atoms with Crippen LogP contribution in [0.5, 0.6) is 0 Å². The van der Waals surface area contributed by atoms with E-state index in [1.807, 2.05) is 4.98 Å². The van der Waals surface area contributed by atoms with Gasteiger partial charge >= 0.3 is 26.3 Å². The fourth-order valence-corrected chi connectivity index (χ4v) is 4.14. The first-order valence-electron chi connectivity index (χ1n) is 6.93. The lowest BCUT2D eigenvalue weighted by atomic mass is 10.1. The third-order valence-electron chi connectivity index (χ3n) is 3.57. The largest absolute Gasteiger partial charge is 0.443 e. The van der Waals surface area contributed by atoms with Crippen LogP contribution in [0.2, 0.25) is 0 Å². The molecule has 1 unspecified atom stereocenters. The van der Waals surface area contributed by atoms with Crippen LogP contribution < -0.4 is 11.2 Å². The Morgan fingerprint density at radius 2 is 1.81 bits per heavy atom. The first-order chi connectivity index (χ1) is 12.2. The molecular weight excluding hydrogens is 424 g/mol. The van der Waals surface area contributed by atoms with Crippen molar-refractivity contribution in [3.05, 3.63) is 33.1 Å². The minimum atomic E-state index is -6.35. The van der Waals surface area contributed by atoms with Crippen molar-refractivity contribution < 1.29 is 52.1 Å². The molecule has 2 heterocycles. The molecule has 0 bridgehead atoms. The highest BCUT2D eigenvalue weighted by molar-refractivity contribution is 7.72. The minimum Gasteiger partial charge on any atom is -0.387 e. The van der Waals surface area contributed by atoms with E-state index in [1.54, 1.807) is 0 Å². The van der Waals surface area contributed by atoms with Gasteiger partial charge in [-0.1, -0.05) is 0 Å². The van der Waals surface area contributed by atoms with E-state index in [0.29, 0.717) is 4.57 Å². The molecule has 13 nitrogen and oxygen atoms in total. The lowest BCUT2D eigenvalue weighted by Crippen LogP contribution is -2.37. The van der Waals surface area contributed by atoms with E-state index in [2.05, 4.69) is 4.52 Å². The molecule has 2 rings (SSSR count). The van der Waals surface area contributed by atoms with Gasteiger partial charge in [-0.05, 0) is 0 Å². The SMILES string of the molecule is O=c1ccn([C@@H]2O[C@H](COP(=O)(O)C(F)(F)P(=O)(O)O)[C@H](O)[C@@H]2O)c(=O)[nH]1. The van der Waals surface area contributed by atoms with Crippen LogP contribution in [0.4, 0.5) is 8.78 Å². The van der Waals surface area contributed by atoms with Gasteiger partial charge < -0.3 is 34.2 Å². The van der Waals surface area contributed by atoms with Crippen molar-refractivity contribution >= 4 is 15.2 Å². The van der Waals surface area contributed by atoms with Crippen LogP contribution in [0.15, 0.2) is 21.9 Å². The number of aromatic nitrogens is 2. The molecule has 6 N–H and O–H groups in total. The molecule has 0 saturated carbocycles. The molecule has 0 amide bonds. The van der Waals surface area contributed by atoms with Crippen LogP contribution in [0.1, 0.15) is 6.23 Å². The summed E-state index contributed by atoms with van der Waals surface area (Å²) in [5.41, 5.74) is -1.81. The predicted octanol–water partition coefficient (Wildman–Crippen LogP) is -1.91. The summed E-state index contributed by atoms with van der Waals surface area (Å²) in [7, 11) is -12.6. The maximum absolute atomic E-state index is 13.4. The maximum Gasteiger partial charge on any atom is 0.443 e. The zero-order chi connectivity index (χ0) is 20.8. The van der Waals surface area contributed by atoms with Crippen molar-refractivity contribution in [2.75, 3.05) is 6.61 Å². The lowest BCUT2D eigenvalue weighted by molar-refractivity contribution is -0.0545. The standard InChI is InChI=1S/C10H14F2N2O11P2/c11-10(12,26(19,20)21)27(22,23)24-3-4-6(16)7(17)8(25-4)14-2-1-5(15)13-9(14)18/h1-2,4,6-8,16-17H,3H2,(H,22,23)(H,13,15,18)(H2,19,20,21)/t4-,6+,7+,8-/m1/s1. The Labute approximate surface area is 147 Å². The summed E-state index contributed by atoms with van der Waals surface area (Å²) in [5.74, 6) is 0. The number of alkyl halides is 2. The monoisotopic (exact) mass is 438 g/mol. The molecule has 1 saturated heterocycles. The molecule has 1 aliphatic heterocycles. The van der Waals surface area contributed by atoms with E-state index < -0.39 is 63.0 Å². The number of nitrogens with one attached hydrogen (secondary N) is 1. The molecule has 0 aliphatic carbocycles. The smallest absolute Gasteiger partial charge is 0.387 e. The van der Waals surface area contributed by atoms with E-state index in [9.17, 15) is 37.7 Å². The summed E-state index contributed by atoms with van der Waals surface area (Å²) in [6, 6.07) is 0.885. The minimum absolute atomic E-state index is 0.651. The number of nitrogens with zero attached hydrogens (tertiary/aromatic N) is 1. The van der Waals surface area contributed by atoms with Crippen molar-refractivity contribution in [1.82, 2.24) is 9.55 Å². The summed E-state index contributed by atoms with van der Waals surface area (Å²) in [4.78, 5) is 50.6. The van der Waals surface area contributed by atoms with Gasteiger partial charge in [0.15, 0.2) is 6.23 Å². The van der Waals surface area contributed by atoms with Gasteiger partial charge in [0.1, 0.15) is 18.3 Å². The zero-order valence-corrected chi connectivity index (χ0v) is 14.7. The average Bonchev–Trinajstić information content (AvgIpc) is 2.80. The number of aliphatic hydroxyl groups excluding tert-OH is 2. The number of halogens is 2. The van der Waals surface area contributed by atoms with Gasteiger partial charge in [-0.3, -0.25) is 23.5 Å². The summed E-state index contributed by atoms with van der Waals surface area (Å²) in [6.45, 7) is -1.28. The summed E-state index contributed by atoms with van der Waals surface area (Å²) in [6.07, 6.45) is -6.15. The van der Waals surface area contributed by atoms with Crippen LogP contribution in [-0.4, -0.2) is 64.8 Å². The molecule has 27 heavy (non-hydrogen) atoms. The first kappa shape index (κ1) is 22.0. The molecule has 17 heteroatoms. The van der Waals surface area contributed by atoms with E-state index >= 15 is 0 Å². The molecule has 0 aromatic carbocycles. The van der Waals surface area contributed by atoms with E-state index in [0.717, 1.165) is 12.3 Å². The van der Waals surface area contributed by atoms with Crippen LogP contribution in [0.25, 0.3) is 0 Å². The Hall–Kier alpha value is -1.28. The number of aromatic amines is 1. The maximum atomic E-state index is 13.4. The molecule has 5 atom stereocenters. The average molecular weight is 438 g/mol. The number of H-pyrrole nitrogens is 1. The van der Waals surface area contributed by atoms with Gasteiger partial charge in [-0.25, -0.2) is 4.79 Å². The second kappa shape index (κ2) is 7.28. The van der Waals surface area contributed by atoms with Crippen molar-refractivity contribution in [3.63, 3.8) is 0 Å². The van der Waals surface area contributed by atoms with Crippen molar-refractivity contribution in [2.24, 2.45) is 0 Å². The molecule has 0 radical (unpaired) electrons. The van der Waals surface area contributed by atoms with Gasteiger partial charge in [0.2, 0.25) is 0 Å². The van der Waals surface area contributed by atoms with Gasteiger partial charge in [0.05, 0.1) is 6.61 Å². The highest BCUT2D eigenvalue weighted by Gasteiger charge is 2.65. The predicted molar refractivity (Wildman–Crippen MR) is 80.0 cm³/mol. The Morgan fingerprint density at radius 1 is 1.22 bits per heavy atom. The number of aliphatic hydroxyl groups is 2. The Morgan fingerprint density at radius 3 is 2.33 bits per heavy atom. The Bertz CT molecular complexity index is 911. The van der Waals surface area contributed by atoms with Gasteiger partial charge in [0, 0.05) is 12.3 Å². The lowest BCUT2D eigenvalue weighted by Gasteiger charge is -2.24. The molecule has 154 valence electrons. The van der Waals surface area contributed by atoms with Gasteiger partial charge in [0.25, 0.3) is 5.56 Å². The summed E-state index contributed by atoms with van der Waals surface area (Å²) < 4.78 is 58.5. The first-order valence-corrected chi connectivity index (χ1v) is 10.1. The summed E-state index contributed by atoms with van der Waals surface area (Å²) in [5, 5.41) is 14.3. The summed E-state index contributed by atoms with van der Waals surface area (Å²) >= 11 is 0. The second-order valence-corrected chi connectivity index (χ2v) is 9.30. The molecule has 1 aromatic rings. The normalized spacial score (nSPS) is 28.9. The molecule has 1 aliphatic rings. The fraction of sp³-hybridized carbons (Fsp3) is 0.600. The van der Waals surface area contributed by atoms with Crippen LogP contribution in [0.3, 0.4) is 0 Å². The van der Waals surface area contributed by atoms with E-state index in [-0.39, 0.29) is 0 Å². The number of hydrogen-bond acceptors (Lipinski definition) is 8. The van der Waals surface area contributed by atoms with Crippen LogP contribution >= 0.6 is 15.2 Å². The Kier molecular flexibility index (Phi) is 5.93. The highest BCUT2D eigenvalue weighted by Crippen LogP contribution is 2.73. The number of hydrogen-bond donors (Lipinski definition) is 6. The van der Waals surface area contributed by atoms with Gasteiger partial charge in [-0.2, -0.15) is 8.78 Å². The van der Waals surface area contributed by atoms with Crippen molar-refractivity contribution in [3.8, 4) is 0 Å². The van der Waals surface area contributed by atoms with E-state index in [1.165, 1.54) is 0 Å². The van der Waals surface area contributed by atoms with Crippen molar-refractivity contribution in [2.45, 2.75) is 29.9 Å². The topological polar surface area (TPSA) is 209 Å². The fourth-order valence-electron chi connectivity index (χ4n) is 2.14. The Balaban J connectivity index is 2.17. The number of ether oxygens (including phenoxy) is 1. The molecule has 1 fully saturated rings. The van der Waals surface area contributed by atoms with Crippen LogP contribution in [0, 0.1) is 0 Å². The third-order valence-corrected chi connectivity index (χ3v) is 6.99. The van der Waals surface area contributed by atoms with Gasteiger partial charge in [-0.15, -0.1) is 0 Å².